The first-order chi connectivity index (χ1) is 6.11. The molecule has 50 valence electrons. The Bertz CT molecular complexity index is 530. The smallest absolute Gasteiger partial charge is 0.266 e. The van der Waals surface area contributed by atoms with Gasteiger partial charge >= 0.3 is 0 Å². The van der Waals surface area contributed by atoms with Crippen molar-refractivity contribution in [1.82, 2.24) is 19.8 Å². The molecule has 0 radical (unpaired) electrons. The highest BCUT2D eigenvalue weighted by atomic mass is 16.1. The first kappa shape index (κ1) is 2.96. The average Bonchev–Trinajstić information content (AvgIpc) is 2.38. The largest absolute Gasteiger partial charge is 0.290 e. The van der Waals surface area contributed by atoms with Crippen LogP contribution in [0.4, 0.5) is 0 Å². The molecule has 2 rings (SSSR count). The second-order valence-electron chi connectivity index (χ2n) is 1.65. The predicted molar refractivity (Wildman–Crippen MR) is 33.6 cm³/mol. The fraction of sp³-hybridized carbons (Fsp3) is 0. The van der Waals surface area contributed by atoms with Gasteiger partial charge in [-0.2, -0.15) is 10.2 Å². The standard InChI is InChI=1S/C5H4N4O/c10-5-4-1-2-7-9(4)3-6-8-5/h1-3H,(H,8,10)/i1D,2D,3D. The Morgan fingerprint density at radius 2 is 2.70 bits per heavy atom. The molecule has 1 N–H and O–H groups in total. The SMILES string of the molecule is [2H]c1nn2c([2H])n[nH]c(=O)c2c1[2H]. The van der Waals surface area contributed by atoms with E-state index in [0.717, 1.165) is 4.52 Å². The predicted octanol–water partition coefficient (Wildman–Crippen LogP) is -0.582. The molecule has 0 atom stereocenters. The van der Waals surface area contributed by atoms with Crippen LogP contribution in [0.5, 0.6) is 0 Å². The van der Waals surface area contributed by atoms with E-state index in [2.05, 4.69) is 10.2 Å². The van der Waals surface area contributed by atoms with Crippen LogP contribution >= 0.6 is 0 Å². The first-order valence-electron chi connectivity index (χ1n) is 4.02. The van der Waals surface area contributed by atoms with Crippen molar-refractivity contribution < 1.29 is 4.11 Å². The summed E-state index contributed by atoms with van der Waals surface area (Å²) in [6, 6.07) is -0.294. The molecule has 0 aliphatic carbocycles. The summed E-state index contributed by atoms with van der Waals surface area (Å²) in [7, 11) is 0. The van der Waals surface area contributed by atoms with Gasteiger partial charge in [0.25, 0.3) is 5.56 Å². The van der Waals surface area contributed by atoms with Gasteiger partial charge in [-0.05, 0) is 6.04 Å². The van der Waals surface area contributed by atoms with Crippen LogP contribution in [0.25, 0.3) is 5.52 Å². The lowest BCUT2D eigenvalue weighted by Crippen LogP contribution is -2.10. The van der Waals surface area contributed by atoms with Crippen molar-refractivity contribution in [2.75, 3.05) is 0 Å². The first-order valence-corrected chi connectivity index (χ1v) is 2.52. The molecule has 0 unspecified atom stereocenters. The number of aromatic amines is 1. The Morgan fingerprint density at radius 3 is 3.50 bits per heavy atom. The summed E-state index contributed by atoms with van der Waals surface area (Å²) < 4.78 is 22.5. The molecule has 2 heterocycles. The van der Waals surface area contributed by atoms with Gasteiger partial charge in [0.05, 0.1) is 8.91 Å². The lowest BCUT2D eigenvalue weighted by Gasteiger charge is -1.85. The minimum Gasteiger partial charge on any atom is -0.266 e. The summed E-state index contributed by atoms with van der Waals surface area (Å²) in [5, 5.41) is 8.86. The minimum atomic E-state index is -0.619. The number of aromatic nitrogens is 4. The van der Waals surface area contributed by atoms with Crippen molar-refractivity contribution in [3.05, 3.63) is 28.9 Å². The number of hydrogen-bond donors (Lipinski definition) is 1. The summed E-state index contributed by atoms with van der Waals surface area (Å²) in [5.41, 5.74) is -0.739. The van der Waals surface area contributed by atoms with E-state index in [1.54, 1.807) is 0 Å². The summed E-state index contributed by atoms with van der Waals surface area (Å²) in [4.78, 5) is 11.1. The molecule has 5 nitrogen and oxygen atoms in total. The average molecular weight is 139 g/mol. The van der Waals surface area contributed by atoms with E-state index in [-0.39, 0.29) is 24.0 Å². The molecular formula is C5H4N4O. The highest BCUT2D eigenvalue weighted by molar-refractivity contribution is 5.40. The lowest BCUT2D eigenvalue weighted by atomic mass is 10.5. The van der Waals surface area contributed by atoms with Gasteiger partial charge in [-0.1, -0.05) is 0 Å². The Balaban J connectivity index is 3.09. The molecule has 2 aromatic heterocycles. The maximum absolute atomic E-state index is 11.1. The number of rotatable bonds is 0. The molecule has 2 aromatic rings. The van der Waals surface area contributed by atoms with Crippen molar-refractivity contribution in [3.8, 4) is 0 Å². The van der Waals surface area contributed by atoms with Crippen LogP contribution < -0.4 is 5.56 Å². The van der Waals surface area contributed by atoms with Crippen LogP contribution in [0.3, 0.4) is 0 Å². The van der Waals surface area contributed by atoms with Gasteiger partial charge in [-0.25, -0.2) is 9.61 Å². The van der Waals surface area contributed by atoms with Gasteiger partial charge in [0.1, 0.15) is 13.2 Å². The van der Waals surface area contributed by atoms with Gasteiger partial charge in [0.2, 0.25) is 0 Å². The van der Waals surface area contributed by atoms with Crippen LogP contribution in [-0.4, -0.2) is 19.8 Å². The molecule has 0 saturated carbocycles. The van der Waals surface area contributed by atoms with Crippen molar-refractivity contribution in [2.24, 2.45) is 0 Å². The summed E-state index contributed by atoms with van der Waals surface area (Å²) >= 11 is 0. The topological polar surface area (TPSA) is 63.1 Å². The van der Waals surface area contributed by atoms with Crippen LogP contribution in [0.15, 0.2) is 23.3 Å². The second-order valence-corrected chi connectivity index (χ2v) is 1.65. The van der Waals surface area contributed by atoms with E-state index in [9.17, 15) is 4.79 Å². The fourth-order valence-corrected chi connectivity index (χ4v) is 0.632. The maximum Gasteiger partial charge on any atom is 0.290 e. The highest BCUT2D eigenvalue weighted by Crippen LogP contribution is 1.88. The Morgan fingerprint density at radius 1 is 1.80 bits per heavy atom. The van der Waals surface area contributed by atoms with Gasteiger partial charge in [0.15, 0.2) is 0 Å². The molecule has 0 aromatic carbocycles. The minimum absolute atomic E-state index is 0.120. The van der Waals surface area contributed by atoms with Gasteiger partial charge < -0.3 is 0 Å². The molecule has 0 aliphatic heterocycles. The number of fused-ring (bicyclic) bond motifs is 1. The van der Waals surface area contributed by atoms with E-state index in [4.69, 9.17) is 4.11 Å². The van der Waals surface area contributed by atoms with Crippen molar-refractivity contribution in [1.29, 1.82) is 0 Å². The maximum atomic E-state index is 11.1. The molecule has 5 heteroatoms. The van der Waals surface area contributed by atoms with Gasteiger partial charge in [-0.3, -0.25) is 4.79 Å². The molecule has 0 fully saturated rings. The fourth-order valence-electron chi connectivity index (χ4n) is 0.632. The van der Waals surface area contributed by atoms with Crippen LogP contribution in [-0.2, 0) is 0 Å². The van der Waals surface area contributed by atoms with E-state index in [1.807, 2.05) is 5.10 Å². The second kappa shape index (κ2) is 1.66. The molecule has 0 spiro atoms. The Hall–Kier alpha value is -1.65. The molecule has 10 heavy (non-hydrogen) atoms. The zero-order valence-electron chi connectivity index (χ0n) is 7.75. The van der Waals surface area contributed by atoms with E-state index in [1.165, 1.54) is 0 Å². The molecule has 0 aliphatic rings. The normalized spacial score (nSPS) is 14.6. The molecule has 0 saturated heterocycles. The number of hydrogen-bond acceptors (Lipinski definition) is 3. The summed E-state index contributed by atoms with van der Waals surface area (Å²) in [6.07, 6.45) is -0.645. The number of nitrogens with one attached hydrogen (secondary N) is 1. The molecule has 0 amide bonds. The number of H-pyrrole nitrogens is 1. The third-order valence-corrected chi connectivity index (χ3v) is 1.05. The van der Waals surface area contributed by atoms with Crippen molar-refractivity contribution in [3.63, 3.8) is 0 Å². The molecule has 0 bridgehead atoms. The van der Waals surface area contributed by atoms with Crippen molar-refractivity contribution >= 4 is 5.52 Å². The molecular weight excluding hydrogens is 132 g/mol. The lowest BCUT2D eigenvalue weighted by molar-refractivity contribution is 0.846. The zero-order valence-corrected chi connectivity index (χ0v) is 4.75. The highest BCUT2D eigenvalue weighted by Gasteiger charge is 1.94. The quantitative estimate of drug-likeness (QED) is 0.531. The van der Waals surface area contributed by atoms with Crippen LogP contribution in [0, 0.1) is 0 Å². The summed E-state index contributed by atoms with van der Waals surface area (Å²) in [5.74, 6) is 0. The zero-order chi connectivity index (χ0) is 9.59. The Kier molecular flexibility index (Phi) is 0.492. The van der Waals surface area contributed by atoms with Crippen LogP contribution in [0.1, 0.15) is 4.11 Å². The Labute approximate surface area is 59.5 Å². The third kappa shape index (κ3) is 0.540. The van der Waals surface area contributed by atoms with E-state index >= 15 is 0 Å². The van der Waals surface area contributed by atoms with Crippen LogP contribution in [0.2, 0.25) is 0 Å². The van der Waals surface area contributed by atoms with Gasteiger partial charge in [0, 0.05) is 0 Å². The number of nitrogens with zero attached hydrogens (tertiary/aromatic N) is 3. The summed E-state index contributed by atoms with van der Waals surface area (Å²) in [6.45, 7) is 0. The van der Waals surface area contributed by atoms with Crippen molar-refractivity contribution in [2.45, 2.75) is 0 Å². The monoisotopic (exact) mass is 139 g/mol. The van der Waals surface area contributed by atoms with E-state index in [0.29, 0.717) is 0 Å². The third-order valence-electron chi connectivity index (χ3n) is 1.05. The van der Waals surface area contributed by atoms with E-state index < -0.39 is 5.56 Å². The van der Waals surface area contributed by atoms with Gasteiger partial charge in [-0.15, -0.1) is 0 Å².